The molecule has 0 aromatic heterocycles. The second-order valence-corrected chi connectivity index (χ2v) is 6.99. The molecule has 138 valence electrons. The molecule has 1 atom stereocenters. The smallest absolute Gasteiger partial charge is 0.119 e. The quantitative estimate of drug-likeness (QED) is 0.678. The normalized spacial score (nSPS) is 16.4. The van der Waals surface area contributed by atoms with Crippen molar-refractivity contribution in [2.24, 2.45) is 0 Å². The van der Waals surface area contributed by atoms with Crippen LogP contribution in [0.25, 0.3) is 0 Å². The minimum Gasteiger partial charge on any atom is -0.497 e. The molecular weight excluding hydrogens is 423 g/mol. The van der Waals surface area contributed by atoms with Crippen LogP contribution in [0.2, 0.25) is 0 Å². The topological polar surface area (TPSA) is 15.7 Å². The highest BCUT2D eigenvalue weighted by atomic mass is 79.9. The first-order valence-electron chi connectivity index (χ1n) is 7.99. The maximum atomic E-state index is 5.43. The molecule has 1 fully saturated rings. The summed E-state index contributed by atoms with van der Waals surface area (Å²) in [5.74, 6) is 0.915. The predicted molar refractivity (Wildman–Crippen MR) is 113 cm³/mol. The maximum Gasteiger partial charge on any atom is 0.119 e. The number of ether oxygens (including phenoxy) is 1. The zero-order chi connectivity index (χ0) is 16.2. The lowest BCUT2D eigenvalue weighted by molar-refractivity contribution is 0.127. The number of halogens is 3. The summed E-state index contributed by atoms with van der Waals surface area (Å²) in [5, 5.41) is 0. The van der Waals surface area contributed by atoms with Gasteiger partial charge in [-0.25, -0.2) is 0 Å². The Kier molecular flexibility index (Phi) is 9.25. The van der Waals surface area contributed by atoms with Gasteiger partial charge in [0.15, 0.2) is 0 Å². The summed E-state index contributed by atoms with van der Waals surface area (Å²) in [6.07, 6.45) is 0. The molecule has 1 aliphatic heterocycles. The molecule has 1 unspecified atom stereocenters. The van der Waals surface area contributed by atoms with Gasteiger partial charge in [0.2, 0.25) is 0 Å². The highest BCUT2D eigenvalue weighted by Gasteiger charge is 2.25. The first-order valence-corrected chi connectivity index (χ1v) is 8.78. The van der Waals surface area contributed by atoms with Crippen LogP contribution in [0.3, 0.4) is 0 Å². The van der Waals surface area contributed by atoms with Crippen LogP contribution in [0.4, 0.5) is 0 Å². The van der Waals surface area contributed by atoms with E-state index >= 15 is 0 Å². The molecule has 6 heteroatoms. The van der Waals surface area contributed by atoms with Gasteiger partial charge in [0.1, 0.15) is 5.75 Å². The molecule has 1 saturated heterocycles. The van der Waals surface area contributed by atoms with Crippen molar-refractivity contribution < 1.29 is 4.74 Å². The van der Waals surface area contributed by atoms with Crippen LogP contribution in [-0.4, -0.2) is 50.1 Å². The third-order valence-electron chi connectivity index (χ3n) is 4.50. The van der Waals surface area contributed by atoms with E-state index in [-0.39, 0.29) is 30.9 Å². The zero-order valence-corrected chi connectivity index (χ0v) is 17.7. The molecule has 0 saturated carbocycles. The van der Waals surface area contributed by atoms with E-state index in [9.17, 15) is 0 Å². The number of nitrogens with zero attached hydrogens (tertiary/aromatic N) is 2. The van der Waals surface area contributed by atoms with Crippen molar-refractivity contribution in [3.05, 3.63) is 64.1 Å². The number of hydrogen-bond donors (Lipinski definition) is 0. The summed E-state index contributed by atoms with van der Waals surface area (Å²) in [6.45, 7) is 4.37. The van der Waals surface area contributed by atoms with Gasteiger partial charge >= 0.3 is 0 Å². The van der Waals surface area contributed by atoms with E-state index < -0.39 is 0 Å². The molecule has 2 aromatic rings. The van der Waals surface area contributed by atoms with Crippen LogP contribution in [0.5, 0.6) is 5.75 Å². The number of rotatable bonds is 4. The fourth-order valence-corrected chi connectivity index (χ4v) is 3.42. The van der Waals surface area contributed by atoms with Gasteiger partial charge in [-0.1, -0.05) is 40.2 Å². The van der Waals surface area contributed by atoms with Gasteiger partial charge in [-0.2, -0.15) is 0 Å². The second kappa shape index (κ2) is 10.4. The first kappa shape index (κ1) is 22.3. The van der Waals surface area contributed by atoms with Crippen molar-refractivity contribution in [3.8, 4) is 5.75 Å². The number of likely N-dealkylation sites (N-methyl/N-ethyl adjacent to an activating group) is 1. The Bertz CT molecular complexity index is 646. The van der Waals surface area contributed by atoms with Crippen LogP contribution in [0, 0.1) is 0 Å². The average molecular weight is 448 g/mol. The summed E-state index contributed by atoms with van der Waals surface area (Å²) >= 11 is 3.54. The predicted octanol–water partition coefficient (Wildman–Crippen LogP) is 4.64. The van der Waals surface area contributed by atoms with E-state index in [1.165, 1.54) is 11.1 Å². The fraction of sp³-hybridized carbons (Fsp3) is 0.368. The van der Waals surface area contributed by atoms with E-state index in [4.69, 9.17) is 4.74 Å². The molecule has 3 nitrogen and oxygen atoms in total. The molecular formula is C19H25BrCl2N2O. The third kappa shape index (κ3) is 5.60. The summed E-state index contributed by atoms with van der Waals surface area (Å²) in [5.41, 5.74) is 2.61. The van der Waals surface area contributed by atoms with E-state index in [0.717, 1.165) is 36.4 Å². The molecule has 3 rings (SSSR count). The molecule has 0 spiro atoms. The van der Waals surface area contributed by atoms with Gasteiger partial charge < -0.3 is 9.64 Å². The van der Waals surface area contributed by atoms with Crippen molar-refractivity contribution in [2.45, 2.75) is 6.04 Å². The van der Waals surface area contributed by atoms with E-state index in [1.807, 2.05) is 6.07 Å². The highest BCUT2D eigenvalue weighted by molar-refractivity contribution is 9.10. The van der Waals surface area contributed by atoms with Gasteiger partial charge in [0.25, 0.3) is 0 Å². The Hall–Kier alpha value is -0.780. The number of piperazine rings is 1. The Morgan fingerprint density at radius 1 is 0.920 bits per heavy atom. The van der Waals surface area contributed by atoms with Gasteiger partial charge in [-0.05, 0) is 42.4 Å². The minimum absolute atomic E-state index is 0. The van der Waals surface area contributed by atoms with Gasteiger partial charge in [0.05, 0.1) is 13.2 Å². The first-order chi connectivity index (χ1) is 11.2. The van der Waals surface area contributed by atoms with E-state index in [0.29, 0.717) is 0 Å². The Labute approximate surface area is 171 Å². The zero-order valence-electron chi connectivity index (χ0n) is 14.5. The highest BCUT2D eigenvalue weighted by Crippen LogP contribution is 2.32. The molecule has 1 aliphatic rings. The molecule has 25 heavy (non-hydrogen) atoms. The monoisotopic (exact) mass is 446 g/mol. The average Bonchev–Trinajstić information content (AvgIpc) is 2.59. The van der Waals surface area contributed by atoms with Gasteiger partial charge in [-0.3, -0.25) is 4.90 Å². The molecule has 0 aliphatic carbocycles. The standard InChI is InChI=1S/C19H23BrN2O.2ClH/c1-21-10-12-22(13-11-21)19(15-6-8-17(20)9-7-15)16-4-3-5-18(14-16)23-2;;/h3-9,14,19H,10-13H2,1-2H3;2*1H. The summed E-state index contributed by atoms with van der Waals surface area (Å²) in [7, 11) is 3.92. The Morgan fingerprint density at radius 2 is 1.56 bits per heavy atom. The van der Waals surface area contributed by atoms with Crippen molar-refractivity contribution in [2.75, 3.05) is 40.3 Å². The summed E-state index contributed by atoms with van der Waals surface area (Å²) < 4.78 is 6.54. The molecule has 0 bridgehead atoms. The largest absolute Gasteiger partial charge is 0.497 e. The number of benzene rings is 2. The second-order valence-electron chi connectivity index (χ2n) is 6.07. The Balaban J connectivity index is 0.00000156. The SMILES string of the molecule is COc1cccc(C(c2ccc(Br)cc2)N2CCN(C)CC2)c1.Cl.Cl. The number of hydrogen-bond acceptors (Lipinski definition) is 3. The fourth-order valence-electron chi connectivity index (χ4n) is 3.15. The van der Waals surface area contributed by atoms with Crippen molar-refractivity contribution >= 4 is 40.7 Å². The summed E-state index contributed by atoms with van der Waals surface area (Å²) in [6, 6.07) is 17.4. The number of methoxy groups -OCH3 is 1. The van der Waals surface area contributed by atoms with Crippen LogP contribution < -0.4 is 4.74 Å². The van der Waals surface area contributed by atoms with Crippen molar-refractivity contribution in [1.82, 2.24) is 9.80 Å². The van der Waals surface area contributed by atoms with Crippen molar-refractivity contribution in [3.63, 3.8) is 0 Å². The molecule has 0 N–H and O–H groups in total. The minimum atomic E-state index is 0. The molecule has 2 aromatic carbocycles. The molecule has 0 radical (unpaired) electrons. The lowest BCUT2D eigenvalue weighted by Gasteiger charge is -2.38. The van der Waals surface area contributed by atoms with Crippen LogP contribution in [-0.2, 0) is 0 Å². The third-order valence-corrected chi connectivity index (χ3v) is 5.03. The Morgan fingerprint density at radius 3 is 2.16 bits per heavy atom. The maximum absolute atomic E-state index is 5.43. The molecule has 0 amide bonds. The van der Waals surface area contributed by atoms with Gasteiger partial charge in [-0.15, -0.1) is 24.8 Å². The van der Waals surface area contributed by atoms with Crippen LogP contribution in [0.1, 0.15) is 17.2 Å². The summed E-state index contributed by atoms with van der Waals surface area (Å²) in [4.78, 5) is 4.96. The van der Waals surface area contributed by atoms with E-state index in [1.54, 1.807) is 7.11 Å². The lowest BCUT2D eigenvalue weighted by atomic mass is 9.96. The lowest BCUT2D eigenvalue weighted by Crippen LogP contribution is -2.46. The van der Waals surface area contributed by atoms with Crippen LogP contribution in [0.15, 0.2) is 53.0 Å². The van der Waals surface area contributed by atoms with Gasteiger partial charge in [0, 0.05) is 30.7 Å². The van der Waals surface area contributed by atoms with Crippen LogP contribution >= 0.6 is 40.7 Å². The van der Waals surface area contributed by atoms with Crippen molar-refractivity contribution in [1.29, 1.82) is 0 Å². The van der Waals surface area contributed by atoms with E-state index in [2.05, 4.69) is 75.2 Å². The molecule has 1 heterocycles.